The van der Waals surface area contributed by atoms with E-state index in [4.69, 9.17) is 29.7 Å². The number of carbonyl (C=O) groups is 4. The lowest BCUT2D eigenvalue weighted by atomic mass is 10.6. The van der Waals surface area contributed by atoms with Gasteiger partial charge >= 0.3 is 0 Å². The molecule has 7 heteroatoms. The minimum Gasteiger partial charge on any atom is -0.481 e. The van der Waals surface area contributed by atoms with E-state index in [0.29, 0.717) is 0 Å². The molecular weight excluding hydrogens is 220 g/mol. The van der Waals surface area contributed by atoms with Gasteiger partial charge in [-0.1, -0.05) is 0 Å². The molecule has 0 aromatic rings. The Morgan fingerprint density at radius 1 is 0.562 bits per heavy atom. The van der Waals surface area contributed by atoms with Crippen LogP contribution in [0.3, 0.4) is 0 Å². The molecule has 0 saturated carbocycles. The highest BCUT2D eigenvalue weighted by Crippen LogP contribution is 1.50. The molecule has 0 aliphatic carbocycles. The van der Waals surface area contributed by atoms with Crippen LogP contribution in [0.1, 0.15) is 34.6 Å². The van der Waals surface area contributed by atoms with Crippen molar-refractivity contribution in [2.75, 3.05) is 0 Å². The SMILES string of the molecule is CC(=O)O.CC(=O)O.CC(=O)O.CC(C)=O. The molecule has 0 spiro atoms. The molecule has 0 aliphatic heterocycles. The Kier molecular flexibility index (Phi) is 27.8. The predicted octanol–water partition coefficient (Wildman–Crippen LogP) is 0.868. The largest absolute Gasteiger partial charge is 0.481 e. The quantitative estimate of drug-likeness (QED) is 0.570. The second kappa shape index (κ2) is 18.8. The summed E-state index contributed by atoms with van der Waals surface area (Å²) in [6.07, 6.45) is 0. The first-order valence-electron chi connectivity index (χ1n) is 3.99. The first-order valence-corrected chi connectivity index (χ1v) is 3.99. The van der Waals surface area contributed by atoms with Crippen LogP contribution in [0.25, 0.3) is 0 Å². The van der Waals surface area contributed by atoms with Gasteiger partial charge in [-0.3, -0.25) is 14.4 Å². The van der Waals surface area contributed by atoms with Crippen LogP contribution in [-0.4, -0.2) is 39.0 Å². The number of hydrogen-bond donors (Lipinski definition) is 3. The summed E-state index contributed by atoms with van der Waals surface area (Å²) in [5.74, 6) is -2.33. The zero-order chi connectivity index (χ0) is 14.3. The third-order valence-electron chi connectivity index (χ3n) is 0. The molecule has 0 rings (SSSR count). The number of carboxylic acid groups (broad SMARTS) is 3. The number of rotatable bonds is 0. The van der Waals surface area contributed by atoms with Crippen molar-refractivity contribution in [3.63, 3.8) is 0 Å². The minimum absolute atomic E-state index is 0.167. The lowest BCUT2D eigenvalue weighted by molar-refractivity contribution is -0.135. The third kappa shape index (κ3) is 402. The summed E-state index contributed by atoms with van der Waals surface area (Å²) >= 11 is 0. The van der Waals surface area contributed by atoms with E-state index >= 15 is 0 Å². The molecular formula is C9H18O7. The third-order valence-corrected chi connectivity index (χ3v) is 0. The van der Waals surface area contributed by atoms with Crippen LogP contribution in [0.2, 0.25) is 0 Å². The fraction of sp³-hybridized carbons (Fsp3) is 0.556. The smallest absolute Gasteiger partial charge is 0.300 e. The highest BCUT2D eigenvalue weighted by Gasteiger charge is 1.66. The molecule has 0 atom stereocenters. The molecule has 0 heterocycles. The van der Waals surface area contributed by atoms with Crippen LogP contribution in [0, 0.1) is 0 Å². The lowest BCUT2D eigenvalue weighted by Gasteiger charge is -1.59. The van der Waals surface area contributed by atoms with E-state index in [2.05, 4.69) is 0 Å². The number of carboxylic acids is 3. The summed E-state index contributed by atoms with van der Waals surface area (Å²) < 4.78 is 0. The van der Waals surface area contributed by atoms with Crippen LogP contribution in [-0.2, 0) is 19.2 Å². The van der Waals surface area contributed by atoms with Gasteiger partial charge in [-0.05, 0) is 13.8 Å². The normalized spacial score (nSPS) is 6.31. The van der Waals surface area contributed by atoms with Gasteiger partial charge in [-0.25, -0.2) is 0 Å². The summed E-state index contributed by atoms with van der Waals surface area (Å²) in [5.41, 5.74) is 0. The van der Waals surface area contributed by atoms with E-state index in [0.717, 1.165) is 20.8 Å². The molecule has 0 radical (unpaired) electrons. The van der Waals surface area contributed by atoms with Crippen LogP contribution in [0.4, 0.5) is 0 Å². The standard InChI is InChI=1S/C3H6O.3C2H4O2/c1-3(2)4;3*1-2(3)4/h1-2H3;3*1H3,(H,3,4). The fourth-order valence-electron chi connectivity index (χ4n) is 0. The fourth-order valence-corrected chi connectivity index (χ4v) is 0. The predicted molar refractivity (Wildman–Crippen MR) is 56.3 cm³/mol. The number of aliphatic carboxylic acids is 3. The molecule has 96 valence electrons. The Morgan fingerprint density at radius 3 is 0.562 bits per heavy atom. The van der Waals surface area contributed by atoms with Gasteiger partial charge in [0, 0.05) is 20.8 Å². The van der Waals surface area contributed by atoms with Gasteiger partial charge < -0.3 is 20.1 Å². The first-order chi connectivity index (χ1) is 6.93. The number of hydrogen-bond acceptors (Lipinski definition) is 4. The molecule has 3 N–H and O–H groups in total. The van der Waals surface area contributed by atoms with E-state index in [1.807, 2.05) is 0 Å². The van der Waals surface area contributed by atoms with Crippen molar-refractivity contribution in [1.29, 1.82) is 0 Å². The number of carbonyl (C=O) groups excluding carboxylic acids is 1. The van der Waals surface area contributed by atoms with Crippen molar-refractivity contribution in [3.05, 3.63) is 0 Å². The van der Waals surface area contributed by atoms with E-state index in [-0.39, 0.29) is 5.78 Å². The Labute approximate surface area is 93.7 Å². The van der Waals surface area contributed by atoms with Crippen LogP contribution < -0.4 is 0 Å². The van der Waals surface area contributed by atoms with Crippen molar-refractivity contribution in [2.24, 2.45) is 0 Å². The van der Waals surface area contributed by atoms with Crippen molar-refractivity contribution < 1.29 is 34.5 Å². The maximum atomic E-state index is 9.44. The maximum absolute atomic E-state index is 9.44. The average Bonchev–Trinajstić information content (AvgIpc) is 1.76. The first kappa shape index (κ1) is 23.7. The van der Waals surface area contributed by atoms with Gasteiger partial charge in [0.2, 0.25) is 0 Å². The van der Waals surface area contributed by atoms with Crippen molar-refractivity contribution in [1.82, 2.24) is 0 Å². The van der Waals surface area contributed by atoms with E-state index in [1.165, 1.54) is 13.8 Å². The van der Waals surface area contributed by atoms with Gasteiger partial charge in [0.05, 0.1) is 0 Å². The van der Waals surface area contributed by atoms with Gasteiger partial charge in [0.15, 0.2) is 0 Å². The molecule has 0 bridgehead atoms. The van der Waals surface area contributed by atoms with E-state index < -0.39 is 17.9 Å². The number of ketones is 1. The minimum atomic E-state index is -0.833. The zero-order valence-electron chi connectivity index (χ0n) is 9.97. The number of Topliss-reactive ketones (excluding diaryl/α,β-unsaturated/α-hetero) is 1. The Hall–Kier alpha value is -1.92. The molecule has 7 nitrogen and oxygen atoms in total. The van der Waals surface area contributed by atoms with Gasteiger partial charge in [-0.15, -0.1) is 0 Å². The molecule has 0 aromatic carbocycles. The highest BCUT2D eigenvalue weighted by atomic mass is 16.4. The van der Waals surface area contributed by atoms with E-state index in [1.54, 1.807) is 0 Å². The lowest BCUT2D eigenvalue weighted by Crippen LogP contribution is -1.78. The Balaban J connectivity index is -0.0000000600. The maximum Gasteiger partial charge on any atom is 0.300 e. The summed E-state index contributed by atoms with van der Waals surface area (Å²) in [6.45, 7) is 6.31. The second-order valence-corrected chi connectivity index (χ2v) is 2.47. The summed E-state index contributed by atoms with van der Waals surface area (Å²) in [5, 5.41) is 22.2. The molecule has 0 amide bonds. The summed E-state index contributed by atoms with van der Waals surface area (Å²) in [6, 6.07) is 0. The summed E-state index contributed by atoms with van der Waals surface area (Å²) in [4.78, 5) is 36.4. The second-order valence-electron chi connectivity index (χ2n) is 2.47. The van der Waals surface area contributed by atoms with Crippen molar-refractivity contribution in [3.8, 4) is 0 Å². The van der Waals surface area contributed by atoms with Gasteiger partial charge in [-0.2, -0.15) is 0 Å². The van der Waals surface area contributed by atoms with Gasteiger partial charge in [0.25, 0.3) is 17.9 Å². The molecule has 0 fully saturated rings. The molecule has 0 aliphatic rings. The monoisotopic (exact) mass is 238 g/mol. The topological polar surface area (TPSA) is 129 Å². The molecule has 0 aromatic heterocycles. The average molecular weight is 238 g/mol. The summed E-state index contributed by atoms with van der Waals surface area (Å²) in [7, 11) is 0. The van der Waals surface area contributed by atoms with Crippen LogP contribution in [0.5, 0.6) is 0 Å². The highest BCUT2D eigenvalue weighted by molar-refractivity contribution is 5.72. The Morgan fingerprint density at radius 2 is 0.562 bits per heavy atom. The van der Waals surface area contributed by atoms with Crippen molar-refractivity contribution in [2.45, 2.75) is 34.6 Å². The van der Waals surface area contributed by atoms with E-state index in [9.17, 15) is 4.79 Å². The Bertz CT molecular complexity index is 156. The van der Waals surface area contributed by atoms with Crippen LogP contribution in [0.15, 0.2) is 0 Å². The molecule has 0 unspecified atom stereocenters. The van der Waals surface area contributed by atoms with Crippen LogP contribution >= 0.6 is 0 Å². The van der Waals surface area contributed by atoms with Crippen molar-refractivity contribution >= 4 is 23.7 Å². The van der Waals surface area contributed by atoms with Gasteiger partial charge in [0.1, 0.15) is 5.78 Å². The zero-order valence-corrected chi connectivity index (χ0v) is 9.97. The molecule has 0 saturated heterocycles. The molecule has 16 heavy (non-hydrogen) atoms.